The Morgan fingerprint density at radius 1 is 0.852 bits per heavy atom. The molecule has 4 rings (SSSR count). The van der Waals surface area contributed by atoms with Gasteiger partial charge in [-0.05, 0) is 48.4 Å². The summed E-state index contributed by atoms with van der Waals surface area (Å²) in [7, 11) is 0. The van der Waals surface area contributed by atoms with Gasteiger partial charge in [0.05, 0.1) is 10.5 Å². The fourth-order valence-corrected chi connectivity index (χ4v) is 3.13. The van der Waals surface area contributed by atoms with Crippen LogP contribution in [-0.2, 0) is 6.42 Å². The molecule has 4 nitrogen and oxygen atoms in total. The third-order valence-corrected chi connectivity index (χ3v) is 4.50. The minimum absolute atomic E-state index is 0.628. The minimum atomic E-state index is 0.628. The van der Waals surface area contributed by atoms with Crippen molar-refractivity contribution in [3.05, 3.63) is 89.7 Å². The summed E-state index contributed by atoms with van der Waals surface area (Å²) in [4.78, 5) is 8.61. The summed E-state index contributed by atoms with van der Waals surface area (Å²) in [6.45, 7) is 0.743. The topological polar surface area (TPSA) is 47.0 Å². The third kappa shape index (κ3) is 4.18. The number of rotatable bonds is 6. The summed E-state index contributed by atoms with van der Waals surface area (Å²) in [5.41, 5.74) is 1.95. The van der Waals surface area contributed by atoms with E-state index in [-0.39, 0.29) is 0 Å². The second-order valence-electron chi connectivity index (χ2n) is 6.10. The zero-order valence-corrected chi connectivity index (χ0v) is 15.4. The third-order valence-electron chi connectivity index (χ3n) is 4.20. The second-order valence-corrected chi connectivity index (χ2v) is 6.50. The Balaban J connectivity index is 1.43. The van der Waals surface area contributed by atoms with Crippen LogP contribution >= 0.6 is 11.6 Å². The van der Waals surface area contributed by atoms with E-state index < -0.39 is 0 Å². The van der Waals surface area contributed by atoms with Crippen molar-refractivity contribution in [1.82, 2.24) is 9.97 Å². The summed E-state index contributed by atoms with van der Waals surface area (Å²) in [5, 5.41) is 4.93. The lowest BCUT2D eigenvalue weighted by Crippen LogP contribution is -2.07. The summed E-state index contributed by atoms with van der Waals surface area (Å²) in [6, 6.07) is 23.6. The number of hydrogen-bond donors (Lipinski definition) is 1. The van der Waals surface area contributed by atoms with Gasteiger partial charge >= 0.3 is 0 Å². The number of halogens is 1. The molecule has 0 aliphatic heterocycles. The van der Waals surface area contributed by atoms with Crippen LogP contribution in [0.25, 0.3) is 10.9 Å². The zero-order chi connectivity index (χ0) is 18.5. The fourth-order valence-electron chi connectivity index (χ4n) is 2.91. The van der Waals surface area contributed by atoms with Crippen molar-refractivity contribution >= 4 is 28.3 Å². The van der Waals surface area contributed by atoms with E-state index >= 15 is 0 Å². The Hall–Kier alpha value is -3.11. The number of anilines is 1. The lowest BCUT2D eigenvalue weighted by Gasteiger charge is -2.10. The highest BCUT2D eigenvalue weighted by molar-refractivity contribution is 6.35. The normalized spacial score (nSPS) is 10.7. The molecule has 0 radical (unpaired) electrons. The molecule has 0 fully saturated rings. The van der Waals surface area contributed by atoms with Crippen LogP contribution in [0, 0.1) is 0 Å². The van der Waals surface area contributed by atoms with Gasteiger partial charge in [-0.25, -0.2) is 9.97 Å². The molecule has 1 aromatic heterocycles. The summed E-state index contributed by atoms with van der Waals surface area (Å²) in [6.07, 6.45) is 2.38. The van der Waals surface area contributed by atoms with Crippen molar-refractivity contribution in [2.45, 2.75) is 6.42 Å². The number of fused-ring (bicyclic) bond motifs is 1. The van der Waals surface area contributed by atoms with Crippen molar-refractivity contribution in [3.8, 4) is 11.5 Å². The van der Waals surface area contributed by atoms with E-state index in [1.165, 1.54) is 11.9 Å². The predicted molar refractivity (Wildman–Crippen MR) is 110 cm³/mol. The van der Waals surface area contributed by atoms with Crippen LogP contribution in [-0.4, -0.2) is 16.5 Å². The second kappa shape index (κ2) is 8.06. The Bertz CT molecular complexity index is 1050. The van der Waals surface area contributed by atoms with Crippen LogP contribution in [0.4, 0.5) is 5.82 Å². The van der Waals surface area contributed by atoms with Gasteiger partial charge in [-0.15, -0.1) is 0 Å². The number of nitrogens with one attached hydrogen (secondary N) is 1. The molecule has 0 saturated carbocycles. The molecule has 134 valence electrons. The summed E-state index contributed by atoms with van der Waals surface area (Å²) < 4.78 is 5.90. The average molecular weight is 376 g/mol. The lowest BCUT2D eigenvalue weighted by atomic mass is 10.1. The van der Waals surface area contributed by atoms with Gasteiger partial charge in [0.25, 0.3) is 0 Å². The van der Waals surface area contributed by atoms with Crippen LogP contribution in [0.1, 0.15) is 5.56 Å². The fraction of sp³-hybridized carbons (Fsp3) is 0.0909. The zero-order valence-electron chi connectivity index (χ0n) is 14.6. The first-order chi connectivity index (χ1) is 13.3. The summed E-state index contributed by atoms with van der Waals surface area (Å²) >= 11 is 6.21. The van der Waals surface area contributed by atoms with Gasteiger partial charge in [0.15, 0.2) is 0 Å². The minimum Gasteiger partial charge on any atom is -0.457 e. The van der Waals surface area contributed by atoms with Gasteiger partial charge in [0, 0.05) is 11.9 Å². The Labute approximate surface area is 162 Å². The lowest BCUT2D eigenvalue weighted by molar-refractivity contribution is 0.482. The van der Waals surface area contributed by atoms with Gasteiger partial charge in [-0.2, -0.15) is 0 Å². The van der Waals surface area contributed by atoms with Gasteiger partial charge in [0.1, 0.15) is 23.6 Å². The maximum Gasteiger partial charge on any atom is 0.137 e. The van der Waals surface area contributed by atoms with E-state index in [9.17, 15) is 0 Å². The summed E-state index contributed by atoms with van der Waals surface area (Å²) in [5.74, 6) is 2.45. The van der Waals surface area contributed by atoms with Crippen molar-refractivity contribution in [3.63, 3.8) is 0 Å². The first kappa shape index (κ1) is 17.3. The van der Waals surface area contributed by atoms with Crippen LogP contribution in [0.2, 0.25) is 5.02 Å². The molecular formula is C22H18ClN3O. The largest absolute Gasteiger partial charge is 0.457 e. The maximum absolute atomic E-state index is 6.21. The Morgan fingerprint density at radius 2 is 1.67 bits per heavy atom. The Morgan fingerprint density at radius 3 is 2.56 bits per heavy atom. The molecule has 4 aromatic rings. The number of nitrogens with zero attached hydrogens (tertiary/aromatic N) is 2. The van der Waals surface area contributed by atoms with Crippen molar-refractivity contribution in [2.24, 2.45) is 0 Å². The van der Waals surface area contributed by atoms with Crippen LogP contribution in [0.5, 0.6) is 11.5 Å². The molecule has 0 unspecified atom stereocenters. The Kier molecular flexibility index (Phi) is 5.17. The van der Waals surface area contributed by atoms with Crippen LogP contribution in [0.3, 0.4) is 0 Å². The van der Waals surface area contributed by atoms with Gasteiger partial charge in [0.2, 0.25) is 0 Å². The molecule has 0 spiro atoms. The molecule has 5 heteroatoms. The van der Waals surface area contributed by atoms with E-state index in [0.717, 1.165) is 41.2 Å². The number of para-hydroxylation sites is 2. The highest BCUT2D eigenvalue weighted by Gasteiger charge is 2.06. The van der Waals surface area contributed by atoms with Crippen LogP contribution in [0.15, 0.2) is 79.1 Å². The number of ether oxygens (including phenoxy) is 1. The average Bonchev–Trinajstić information content (AvgIpc) is 2.70. The molecule has 3 aromatic carbocycles. The predicted octanol–water partition coefficient (Wildman–Crippen LogP) is 5.73. The molecule has 1 N–H and O–H groups in total. The van der Waals surface area contributed by atoms with Gasteiger partial charge in [-0.1, -0.05) is 48.0 Å². The molecule has 0 bridgehead atoms. The molecule has 27 heavy (non-hydrogen) atoms. The standard InChI is InChI=1S/C22H18ClN3O/c23-20-11-5-10-19-21(20)25-15-26-22(19)24-13-12-16-6-4-9-18(14-16)27-17-7-2-1-3-8-17/h1-11,14-15H,12-13H2,(H,24,25,26). The maximum atomic E-state index is 6.21. The quantitative estimate of drug-likeness (QED) is 0.467. The first-order valence-electron chi connectivity index (χ1n) is 8.74. The highest BCUT2D eigenvalue weighted by atomic mass is 35.5. The molecule has 1 heterocycles. The van der Waals surface area contributed by atoms with Gasteiger partial charge in [-0.3, -0.25) is 0 Å². The highest BCUT2D eigenvalue weighted by Crippen LogP contribution is 2.25. The van der Waals surface area contributed by atoms with Crippen molar-refractivity contribution in [2.75, 3.05) is 11.9 Å². The van der Waals surface area contributed by atoms with Crippen LogP contribution < -0.4 is 10.1 Å². The molecule has 0 amide bonds. The number of benzene rings is 3. The first-order valence-corrected chi connectivity index (χ1v) is 9.12. The molecular weight excluding hydrogens is 358 g/mol. The SMILES string of the molecule is Clc1cccc2c(NCCc3cccc(Oc4ccccc4)c3)ncnc12. The molecule has 0 saturated heterocycles. The van der Waals surface area contributed by atoms with E-state index in [1.807, 2.05) is 60.7 Å². The van der Waals surface area contributed by atoms with E-state index in [2.05, 4.69) is 27.4 Å². The van der Waals surface area contributed by atoms with E-state index in [1.54, 1.807) is 0 Å². The van der Waals surface area contributed by atoms with Gasteiger partial charge < -0.3 is 10.1 Å². The number of aromatic nitrogens is 2. The molecule has 0 aliphatic carbocycles. The smallest absolute Gasteiger partial charge is 0.137 e. The van der Waals surface area contributed by atoms with Crippen molar-refractivity contribution in [1.29, 1.82) is 0 Å². The molecule has 0 aliphatic rings. The monoisotopic (exact) mass is 375 g/mol. The molecule has 0 atom stereocenters. The van der Waals surface area contributed by atoms with E-state index in [4.69, 9.17) is 16.3 Å². The number of hydrogen-bond acceptors (Lipinski definition) is 4. The van der Waals surface area contributed by atoms with Crippen molar-refractivity contribution < 1.29 is 4.74 Å². The van der Waals surface area contributed by atoms with E-state index in [0.29, 0.717) is 5.02 Å².